The molecule has 1 unspecified atom stereocenters. The van der Waals surface area contributed by atoms with Gasteiger partial charge in [-0.1, -0.05) is 0 Å². The number of ether oxygens (including phenoxy) is 1. The molecule has 1 spiro atoms. The Morgan fingerprint density at radius 2 is 2.33 bits per heavy atom. The quantitative estimate of drug-likeness (QED) is 0.820. The topological polar surface area (TPSA) is 78.2 Å². The van der Waals surface area contributed by atoms with E-state index in [1.165, 1.54) is 0 Å². The number of hydrogen-bond acceptors (Lipinski definition) is 5. The van der Waals surface area contributed by atoms with Crippen LogP contribution in [0.5, 0.6) is 0 Å². The molecule has 1 aromatic rings. The molecule has 0 aliphatic carbocycles. The van der Waals surface area contributed by atoms with Crippen molar-refractivity contribution in [3.8, 4) is 6.07 Å². The van der Waals surface area contributed by atoms with Crippen LogP contribution >= 0.6 is 0 Å². The predicted octanol–water partition coefficient (Wildman–Crippen LogP) is 0.665. The maximum Gasteiger partial charge on any atom is 0.246 e. The minimum atomic E-state index is -0.347. The largest absolute Gasteiger partial charge is 0.361 e. The first-order valence-corrected chi connectivity index (χ1v) is 7.07. The van der Waals surface area contributed by atoms with Gasteiger partial charge >= 0.3 is 0 Å². The third-order valence-electron chi connectivity index (χ3n) is 4.17. The molecule has 21 heavy (non-hydrogen) atoms. The fraction of sp³-hybridized carbons (Fsp3) is 0.533. The number of carbonyl (C=O) groups excluding carboxylic acids is 1. The van der Waals surface area contributed by atoms with Gasteiger partial charge in [-0.05, 0) is 31.9 Å². The second-order valence-electron chi connectivity index (χ2n) is 5.81. The fourth-order valence-electron chi connectivity index (χ4n) is 3.05. The van der Waals surface area contributed by atoms with E-state index < -0.39 is 0 Å². The first kappa shape index (κ1) is 13.8. The molecular formula is C15H18N4O2. The lowest BCUT2D eigenvalue weighted by molar-refractivity contribution is -0.141. The molecule has 0 bridgehead atoms. The number of rotatable bonds is 1. The Bertz CT molecular complexity index is 625. The number of nitrogens with zero attached hydrogens (tertiary/aromatic N) is 3. The summed E-state index contributed by atoms with van der Waals surface area (Å²) in [6.45, 7) is 5.92. The Morgan fingerprint density at radius 1 is 1.52 bits per heavy atom. The highest BCUT2D eigenvalue weighted by Crippen LogP contribution is 2.32. The molecule has 1 aromatic heterocycles. The van der Waals surface area contributed by atoms with Crippen molar-refractivity contribution in [3.63, 3.8) is 0 Å². The second-order valence-corrected chi connectivity index (χ2v) is 5.81. The molecule has 110 valence electrons. The van der Waals surface area contributed by atoms with Gasteiger partial charge in [-0.15, -0.1) is 0 Å². The first-order valence-electron chi connectivity index (χ1n) is 7.07. The highest BCUT2D eigenvalue weighted by atomic mass is 16.5. The molecule has 2 fully saturated rings. The van der Waals surface area contributed by atoms with E-state index in [0.29, 0.717) is 18.7 Å². The Labute approximate surface area is 123 Å². The van der Waals surface area contributed by atoms with Crippen LogP contribution in [0.4, 0.5) is 5.82 Å². The van der Waals surface area contributed by atoms with Crippen LogP contribution in [0.15, 0.2) is 6.07 Å². The van der Waals surface area contributed by atoms with Gasteiger partial charge in [0, 0.05) is 18.8 Å². The second kappa shape index (κ2) is 5.01. The van der Waals surface area contributed by atoms with Gasteiger partial charge < -0.3 is 15.0 Å². The van der Waals surface area contributed by atoms with Gasteiger partial charge in [-0.2, -0.15) is 5.26 Å². The van der Waals surface area contributed by atoms with Crippen molar-refractivity contribution in [2.24, 2.45) is 0 Å². The standard InChI is InChI=1S/C15H18N4O2/c1-10-5-11(2)18-14(12(10)6-16)19-4-3-15(9-19)8-17-13(20)7-21-15/h5H,3-4,7-9H2,1-2H3,(H,17,20). The molecule has 0 aromatic carbocycles. The van der Waals surface area contributed by atoms with Crippen LogP contribution in [0.2, 0.25) is 0 Å². The number of carbonyl (C=O) groups is 1. The van der Waals surface area contributed by atoms with Crippen molar-refractivity contribution in [2.45, 2.75) is 25.9 Å². The Hall–Kier alpha value is -2.13. The molecule has 6 nitrogen and oxygen atoms in total. The van der Waals surface area contributed by atoms with Crippen LogP contribution in [0, 0.1) is 25.2 Å². The number of amides is 1. The van der Waals surface area contributed by atoms with Crippen molar-refractivity contribution in [1.29, 1.82) is 5.26 Å². The molecule has 1 N–H and O–H groups in total. The molecule has 2 aliphatic rings. The van der Waals surface area contributed by atoms with Crippen LogP contribution in [-0.2, 0) is 9.53 Å². The van der Waals surface area contributed by atoms with Crippen molar-refractivity contribution in [1.82, 2.24) is 10.3 Å². The molecule has 0 radical (unpaired) electrons. The van der Waals surface area contributed by atoms with Crippen LogP contribution in [0.1, 0.15) is 23.2 Å². The van der Waals surface area contributed by atoms with Gasteiger partial charge in [-0.25, -0.2) is 4.98 Å². The summed E-state index contributed by atoms with van der Waals surface area (Å²) in [5.41, 5.74) is 2.12. The molecule has 3 rings (SSSR count). The summed E-state index contributed by atoms with van der Waals surface area (Å²) in [7, 11) is 0. The van der Waals surface area contributed by atoms with Crippen molar-refractivity contribution >= 4 is 11.7 Å². The summed E-state index contributed by atoms with van der Waals surface area (Å²) in [6.07, 6.45) is 0.826. The Balaban J connectivity index is 1.87. The first-order chi connectivity index (χ1) is 10.0. The third-order valence-corrected chi connectivity index (χ3v) is 4.17. The predicted molar refractivity (Wildman–Crippen MR) is 76.9 cm³/mol. The van der Waals surface area contributed by atoms with E-state index in [-0.39, 0.29) is 18.1 Å². The molecular weight excluding hydrogens is 268 g/mol. The monoisotopic (exact) mass is 286 g/mol. The van der Waals surface area contributed by atoms with Crippen LogP contribution in [0.25, 0.3) is 0 Å². The molecule has 2 aliphatic heterocycles. The Morgan fingerprint density at radius 3 is 3.00 bits per heavy atom. The zero-order valence-electron chi connectivity index (χ0n) is 12.3. The summed E-state index contributed by atoms with van der Waals surface area (Å²) in [4.78, 5) is 17.9. The molecule has 1 amide bonds. The highest BCUT2D eigenvalue weighted by molar-refractivity contribution is 5.78. The van der Waals surface area contributed by atoms with E-state index in [1.54, 1.807) is 0 Å². The van der Waals surface area contributed by atoms with Gasteiger partial charge in [0.15, 0.2) is 0 Å². The van der Waals surface area contributed by atoms with Gasteiger partial charge in [0.2, 0.25) is 5.91 Å². The van der Waals surface area contributed by atoms with E-state index in [2.05, 4.69) is 21.3 Å². The number of nitriles is 1. The van der Waals surface area contributed by atoms with Crippen LogP contribution < -0.4 is 10.2 Å². The minimum absolute atomic E-state index is 0.0682. The number of morpholine rings is 1. The number of anilines is 1. The summed E-state index contributed by atoms with van der Waals surface area (Å²) in [5.74, 6) is 0.661. The van der Waals surface area contributed by atoms with Crippen molar-refractivity contribution in [2.75, 3.05) is 31.1 Å². The maximum atomic E-state index is 11.2. The molecule has 1 atom stereocenters. The van der Waals surface area contributed by atoms with Crippen molar-refractivity contribution < 1.29 is 9.53 Å². The van der Waals surface area contributed by atoms with E-state index >= 15 is 0 Å². The van der Waals surface area contributed by atoms with Gasteiger partial charge in [0.25, 0.3) is 0 Å². The lowest BCUT2D eigenvalue weighted by Gasteiger charge is -2.33. The lowest BCUT2D eigenvalue weighted by atomic mass is 10.0. The SMILES string of the molecule is Cc1cc(C)c(C#N)c(N2CCC3(CNC(=O)CO3)C2)n1. The van der Waals surface area contributed by atoms with E-state index in [4.69, 9.17) is 4.74 Å². The summed E-state index contributed by atoms with van der Waals surface area (Å²) >= 11 is 0. The number of pyridine rings is 1. The molecule has 2 saturated heterocycles. The van der Waals surface area contributed by atoms with E-state index in [9.17, 15) is 10.1 Å². The highest BCUT2D eigenvalue weighted by Gasteiger charge is 2.43. The summed E-state index contributed by atoms with van der Waals surface area (Å²) in [5, 5.41) is 12.2. The summed E-state index contributed by atoms with van der Waals surface area (Å²) < 4.78 is 5.76. The normalized spacial score (nSPS) is 25.0. The van der Waals surface area contributed by atoms with Gasteiger partial charge in [-0.3, -0.25) is 4.79 Å². The van der Waals surface area contributed by atoms with E-state index in [1.807, 2.05) is 19.9 Å². The fourth-order valence-corrected chi connectivity index (χ4v) is 3.05. The van der Waals surface area contributed by atoms with Crippen LogP contribution in [-0.4, -0.2) is 42.7 Å². The smallest absolute Gasteiger partial charge is 0.246 e. The average molecular weight is 286 g/mol. The van der Waals surface area contributed by atoms with Crippen LogP contribution in [0.3, 0.4) is 0 Å². The number of aryl methyl sites for hydroxylation is 2. The average Bonchev–Trinajstić information content (AvgIpc) is 2.86. The van der Waals surface area contributed by atoms with E-state index in [0.717, 1.165) is 30.0 Å². The third kappa shape index (κ3) is 2.45. The molecule has 6 heteroatoms. The van der Waals surface area contributed by atoms with Gasteiger partial charge in [0.05, 0.1) is 12.1 Å². The minimum Gasteiger partial charge on any atom is -0.361 e. The van der Waals surface area contributed by atoms with Crippen molar-refractivity contribution in [3.05, 3.63) is 22.9 Å². The zero-order valence-corrected chi connectivity index (χ0v) is 12.3. The number of hydrogen-bond donors (Lipinski definition) is 1. The summed E-state index contributed by atoms with van der Waals surface area (Å²) in [6, 6.07) is 4.17. The Kier molecular flexibility index (Phi) is 3.30. The molecule has 0 saturated carbocycles. The van der Waals surface area contributed by atoms with Gasteiger partial charge in [0.1, 0.15) is 24.1 Å². The lowest BCUT2D eigenvalue weighted by Crippen LogP contribution is -2.53. The zero-order chi connectivity index (χ0) is 15.0. The maximum absolute atomic E-state index is 11.2. The number of aromatic nitrogens is 1. The number of nitrogens with one attached hydrogen (secondary N) is 1. The molecule has 3 heterocycles.